The highest BCUT2D eigenvalue weighted by atomic mass is 32.3. The van der Waals surface area contributed by atoms with E-state index in [-0.39, 0.29) is 53.6 Å². The van der Waals surface area contributed by atoms with Crippen LogP contribution in [0, 0.1) is 46.3 Å². The minimum atomic E-state index is -4.88. The van der Waals surface area contributed by atoms with E-state index in [1.807, 2.05) is 13.8 Å². The van der Waals surface area contributed by atoms with E-state index < -0.39 is 194 Å². The Morgan fingerprint density at radius 3 is 1.66 bits per heavy atom. The van der Waals surface area contributed by atoms with Gasteiger partial charge < -0.3 is 109 Å². The molecule has 0 spiro atoms. The SMILES string of the molecule is CC(C)CC(=O)CC(C)[C@H]1CCC2C3C[C@H](O[C@@H]4O[C@H](CO)[C@@H](O)[C@H](O[C@@H]5O[C@H](C)[C@@H](O[C@@H]6O[C@H](C)[C@H](O)[C@H](O)[C@H]6O[C@@H]6O[C@H](C)[C@H](O)[C@H](O)[C@H]6O)[C@H](O)[C@H]5O[C@@H]5O[C@H](C)[C@@H](O)[C@H](O)[C@H]5O)[C@H]4O)C4C[C@@H](OS(=O)(=O)O)CC[C@]4(C)C3=CC[C@@]21C. The lowest BCUT2D eigenvalue weighted by Crippen LogP contribution is -2.68. The van der Waals surface area contributed by atoms with Crippen LogP contribution in [-0.4, -0.2) is 252 Å². The number of Topliss-reactive ketones (excluding diaryl/α,β-unsaturated/α-hetero) is 1. The number of rotatable bonds is 18. The van der Waals surface area contributed by atoms with Crippen molar-refractivity contribution in [1.29, 1.82) is 0 Å². The number of fused-ring (bicyclic) bond motifs is 5. The molecule has 27 nitrogen and oxygen atoms in total. The zero-order valence-corrected chi connectivity index (χ0v) is 50.5. The lowest BCUT2D eigenvalue weighted by Gasteiger charge is -2.59. The highest BCUT2D eigenvalue weighted by molar-refractivity contribution is 7.80. The quantitative estimate of drug-likeness (QED) is 0.0554. The third-order valence-corrected chi connectivity index (χ3v) is 21.1. The molecule has 8 fully saturated rings. The summed E-state index contributed by atoms with van der Waals surface area (Å²) in [5.74, 6) is 0.408. The number of aliphatic hydroxyl groups is 12. The number of ketones is 1. The maximum Gasteiger partial charge on any atom is 0.397 e. The lowest BCUT2D eigenvalue weighted by molar-refractivity contribution is -0.406. The Hall–Kier alpha value is -1.60. The molecule has 85 heavy (non-hydrogen) atoms. The average Bonchev–Trinajstić information content (AvgIpc) is 1.75. The molecule has 490 valence electrons. The number of carbonyl (C=O) groups excluding carboxylic acids is 1. The summed E-state index contributed by atoms with van der Waals surface area (Å²) >= 11 is 0. The molecule has 5 saturated heterocycles. The van der Waals surface area contributed by atoms with Crippen LogP contribution in [0.2, 0.25) is 0 Å². The van der Waals surface area contributed by atoms with Gasteiger partial charge >= 0.3 is 10.4 Å². The molecule has 13 N–H and O–H groups in total. The maximum absolute atomic E-state index is 13.2. The Kier molecular flexibility index (Phi) is 21.2. The molecule has 4 aliphatic carbocycles. The predicted molar refractivity (Wildman–Crippen MR) is 289 cm³/mol. The van der Waals surface area contributed by atoms with E-state index in [0.29, 0.717) is 25.7 Å². The van der Waals surface area contributed by atoms with E-state index in [2.05, 4.69) is 26.8 Å². The molecule has 0 aromatic carbocycles. The Balaban J connectivity index is 0.997. The largest absolute Gasteiger partial charge is 0.397 e. The summed E-state index contributed by atoms with van der Waals surface area (Å²) in [4.78, 5) is 13.2. The van der Waals surface area contributed by atoms with Crippen LogP contribution >= 0.6 is 0 Å². The molecule has 0 aromatic rings. The summed E-state index contributed by atoms with van der Waals surface area (Å²) in [6.45, 7) is 15.4. The highest BCUT2D eigenvalue weighted by Crippen LogP contribution is 2.67. The van der Waals surface area contributed by atoms with Gasteiger partial charge in [-0.25, -0.2) is 4.18 Å². The van der Waals surface area contributed by atoms with Crippen LogP contribution in [-0.2, 0) is 66.7 Å². The van der Waals surface area contributed by atoms with Crippen molar-refractivity contribution in [1.82, 2.24) is 0 Å². The Morgan fingerprint density at radius 1 is 0.576 bits per heavy atom. The van der Waals surface area contributed by atoms with Gasteiger partial charge in [-0.2, -0.15) is 8.42 Å². The second-order valence-electron chi connectivity index (χ2n) is 26.8. The molecule has 4 unspecified atom stereocenters. The van der Waals surface area contributed by atoms with Crippen LogP contribution in [0.15, 0.2) is 11.6 Å². The molecule has 0 aromatic heterocycles. The molecule has 9 aliphatic rings. The molecule has 5 aliphatic heterocycles. The molecule has 28 heteroatoms. The fourth-order valence-corrected chi connectivity index (χ4v) is 16.5. The molecule has 9 rings (SSSR count). The van der Waals surface area contributed by atoms with E-state index in [4.69, 9.17) is 51.6 Å². The van der Waals surface area contributed by atoms with Gasteiger partial charge in [0.15, 0.2) is 31.5 Å². The van der Waals surface area contributed by atoms with Crippen LogP contribution < -0.4 is 0 Å². The second-order valence-corrected chi connectivity index (χ2v) is 27.8. The van der Waals surface area contributed by atoms with Gasteiger partial charge in [-0.05, 0) is 119 Å². The van der Waals surface area contributed by atoms with Crippen molar-refractivity contribution >= 4 is 16.2 Å². The first-order valence-corrected chi connectivity index (χ1v) is 31.7. The smallest absolute Gasteiger partial charge is 0.394 e. The average molecular weight is 1240 g/mol. The van der Waals surface area contributed by atoms with Gasteiger partial charge in [-0.1, -0.05) is 46.3 Å². The molecule has 3 saturated carbocycles. The number of hydrogen-bond acceptors (Lipinski definition) is 26. The van der Waals surface area contributed by atoms with Gasteiger partial charge in [0.1, 0.15) is 103 Å². The van der Waals surface area contributed by atoms with E-state index in [1.54, 1.807) is 0 Å². The van der Waals surface area contributed by atoms with Crippen LogP contribution in [0.3, 0.4) is 0 Å². The normalized spacial score (nSPS) is 51.8. The van der Waals surface area contributed by atoms with Crippen molar-refractivity contribution in [3.05, 3.63) is 11.6 Å². The predicted octanol–water partition coefficient (Wildman–Crippen LogP) is -1.40. The van der Waals surface area contributed by atoms with Crippen LogP contribution in [0.1, 0.15) is 120 Å². The molecule has 34 atom stereocenters. The Morgan fingerprint density at radius 2 is 1.09 bits per heavy atom. The van der Waals surface area contributed by atoms with Gasteiger partial charge in [0.05, 0.1) is 43.2 Å². The van der Waals surface area contributed by atoms with E-state index >= 15 is 0 Å². The van der Waals surface area contributed by atoms with Crippen molar-refractivity contribution in [3.63, 3.8) is 0 Å². The minimum absolute atomic E-state index is 0.0683. The van der Waals surface area contributed by atoms with Crippen molar-refractivity contribution in [2.24, 2.45) is 46.3 Å². The zero-order valence-electron chi connectivity index (χ0n) is 49.6. The lowest BCUT2D eigenvalue weighted by atomic mass is 9.47. The van der Waals surface area contributed by atoms with Crippen molar-refractivity contribution in [2.75, 3.05) is 6.61 Å². The van der Waals surface area contributed by atoms with Gasteiger partial charge in [0.25, 0.3) is 0 Å². The zero-order chi connectivity index (χ0) is 62.3. The molecule has 5 heterocycles. The second kappa shape index (κ2) is 26.6. The van der Waals surface area contributed by atoms with E-state index in [9.17, 15) is 79.0 Å². The molecule has 0 amide bonds. The standard InChI is InChI=1S/C57H94O27S/c1-21(2)16-27(59)17-22(3)30-10-11-31-29-19-34(33-18-28(84-85(71,72)73)12-14-57(33,9)32(29)13-15-56(30,31)8)78-53-46(70)48(39(63)35(20-58)79-53)81-55-50(83-52-44(68)41(65)37(61)24(5)75-52)45(69)47(26(7)77-55)80-54-49(42(66)38(62)25(6)76-54)82-51-43(67)40(64)36(60)23(4)74-51/h13,21-26,28-31,33-55,58,60-70H,10-12,14-20H2,1-9H3,(H,71,72,73)/t22?,23-,24-,25-,26-,28+,29?,30-,31?,33?,34+,35-,36+,37-,38+,39-,40+,41+,42+,43-,44-,45+,46-,47-,48+,49-,50-,51+,52+,53-,54+,55+,56-,57-/m1/s1. The Labute approximate surface area is 495 Å². The molecular formula is C57H94O27S. The maximum atomic E-state index is 13.2. The summed E-state index contributed by atoms with van der Waals surface area (Å²) in [5, 5.41) is 134. The number of hydrogen-bond donors (Lipinski definition) is 13. The van der Waals surface area contributed by atoms with Crippen LogP contribution in [0.25, 0.3) is 0 Å². The third-order valence-electron chi connectivity index (χ3n) is 20.6. The first-order chi connectivity index (χ1) is 39.8. The summed E-state index contributed by atoms with van der Waals surface area (Å²) < 4.78 is 101. The van der Waals surface area contributed by atoms with E-state index in [0.717, 1.165) is 19.3 Å². The summed E-state index contributed by atoms with van der Waals surface area (Å²) in [7, 11) is -4.88. The summed E-state index contributed by atoms with van der Waals surface area (Å²) in [6, 6.07) is 0. The minimum Gasteiger partial charge on any atom is -0.394 e. The van der Waals surface area contributed by atoms with Gasteiger partial charge in [0.2, 0.25) is 0 Å². The van der Waals surface area contributed by atoms with Crippen molar-refractivity contribution < 1.29 is 131 Å². The number of ether oxygens (including phenoxy) is 10. The third kappa shape index (κ3) is 13.5. The molecule has 0 radical (unpaired) electrons. The fourth-order valence-electron chi connectivity index (χ4n) is 16.0. The fraction of sp³-hybridized carbons (Fsp3) is 0.947. The Bertz CT molecular complexity index is 2410. The van der Waals surface area contributed by atoms with Crippen molar-refractivity contribution in [2.45, 2.75) is 286 Å². The first-order valence-electron chi connectivity index (χ1n) is 30.3. The van der Waals surface area contributed by atoms with Crippen LogP contribution in [0.5, 0.6) is 0 Å². The summed E-state index contributed by atoms with van der Waals surface area (Å²) in [6.07, 6.45) is -36.7. The number of allylic oxidation sites excluding steroid dienone is 2. The molecular weight excluding hydrogens is 1150 g/mol. The number of aliphatic hydroxyl groups excluding tert-OH is 12. The number of carbonyl (C=O) groups is 1. The highest BCUT2D eigenvalue weighted by Gasteiger charge is 2.63. The van der Waals surface area contributed by atoms with E-state index in [1.165, 1.54) is 33.3 Å². The van der Waals surface area contributed by atoms with Gasteiger partial charge in [0, 0.05) is 12.8 Å². The first kappa shape index (κ1) is 67.8. The van der Waals surface area contributed by atoms with Crippen molar-refractivity contribution in [3.8, 4) is 0 Å². The van der Waals surface area contributed by atoms with Gasteiger partial charge in [-0.15, -0.1) is 0 Å². The van der Waals surface area contributed by atoms with Crippen LogP contribution in [0.4, 0.5) is 0 Å². The summed E-state index contributed by atoms with van der Waals surface area (Å²) in [5.41, 5.74) is 0.394. The topological polar surface area (TPSA) is 416 Å². The monoisotopic (exact) mass is 1240 g/mol. The van der Waals surface area contributed by atoms with Gasteiger partial charge in [-0.3, -0.25) is 9.35 Å². The molecule has 0 bridgehead atoms.